The SMILES string of the molecule is CCCc1ccc(NC(=O)CN2CCCCCCC2=O)cc1. The number of nitrogens with one attached hydrogen (secondary N) is 1. The van der Waals surface area contributed by atoms with Crippen molar-refractivity contribution in [2.75, 3.05) is 18.4 Å². The summed E-state index contributed by atoms with van der Waals surface area (Å²) in [6, 6.07) is 7.94. The van der Waals surface area contributed by atoms with E-state index in [0.717, 1.165) is 44.2 Å². The molecule has 1 heterocycles. The van der Waals surface area contributed by atoms with Gasteiger partial charge in [0.15, 0.2) is 0 Å². The Labute approximate surface area is 132 Å². The van der Waals surface area contributed by atoms with E-state index in [1.54, 1.807) is 4.90 Å². The maximum absolute atomic E-state index is 12.1. The van der Waals surface area contributed by atoms with Crippen LogP contribution in [-0.2, 0) is 16.0 Å². The molecule has 0 spiro atoms. The van der Waals surface area contributed by atoms with Gasteiger partial charge in [-0.3, -0.25) is 9.59 Å². The number of carbonyl (C=O) groups is 2. The van der Waals surface area contributed by atoms with Crippen molar-refractivity contribution in [3.8, 4) is 0 Å². The molecule has 0 atom stereocenters. The number of hydrogen-bond acceptors (Lipinski definition) is 2. The molecule has 1 aliphatic rings. The van der Waals surface area contributed by atoms with Crippen molar-refractivity contribution in [1.82, 2.24) is 4.90 Å². The second-order valence-electron chi connectivity index (χ2n) is 5.97. The van der Waals surface area contributed by atoms with Gasteiger partial charge in [-0.25, -0.2) is 0 Å². The zero-order chi connectivity index (χ0) is 15.8. The van der Waals surface area contributed by atoms with Crippen molar-refractivity contribution in [3.05, 3.63) is 29.8 Å². The van der Waals surface area contributed by atoms with Gasteiger partial charge in [-0.15, -0.1) is 0 Å². The molecule has 0 aliphatic carbocycles. The minimum absolute atomic E-state index is 0.105. The van der Waals surface area contributed by atoms with Crippen LogP contribution in [0.4, 0.5) is 5.69 Å². The van der Waals surface area contributed by atoms with E-state index in [1.807, 2.05) is 24.3 Å². The standard InChI is InChI=1S/C18H26N2O2/c1-2-7-15-9-11-16(12-10-15)19-17(21)14-20-13-6-4-3-5-8-18(20)22/h9-12H,2-8,13-14H2,1H3,(H,19,21). The number of aryl methyl sites for hydroxylation is 1. The Bertz CT molecular complexity index is 496. The van der Waals surface area contributed by atoms with Crippen molar-refractivity contribution >= 4 is 17.5 Å². The Kier molecular flexibility index (Phi) is 6.44. The van der Waals surface area contributed by atoms with E-state index in [-0.39, 0.29) is 18.4 Å². The van der Waals surface area contributed by atoms with Gasteiger partial charge in [0.2, 0.25) is 11.8 Å². The molecule has 1 saturated heterocycles. The highest BCUT2D eigenvalue weighted by atomic mass is 16.2. The van der Waals surface area contributed by atoms with Crippen molar-refractivity contribution in [3.63, 3.8) is 0 Å². The Morgan fingerprint density at radius 3 is 2.59 bits per heavy atom. The molecule has 4 heteroatoms. The summed E-state index contributed by atoms with van der Waals surface area (Å²) in [4.78, 5) is 25.8. The molecule has 1 aromatic carbocycles. The molecule has 1 fully saturated rings. The quantitative estimate of drug-likeness (QED) is 0.906. The molecule has 0 saturated carbocycles. The number of rotatable bonds is 5. The summed E-state index contributed by atoms with van der Waals surface area (Å²) in [7, 11) is 0. The Morgan fingerprint density at radius 1 is 1.14 bits per heavy atom. The molecule has 1 aliphatic heterocycles. The Morgan fingerprint density at radius 2 is 1.86 bits per heavy atom. The number of anilines is 1. The van der Waals surface area contributed by atoms with E-state index in [4.69, 9.17) is 0 Å². The maximum Gasteiger partial charge on any atom is 0.243 e. The first-order valence-electron chi connectivity index (χ1n) is 8.35. The lowest BCUT2D eigenvalue weighted by Crippen LogP contribution is -2.39. The third-order valence-corrected chi connectivity index (χ3v) is 4.03. The van der Waals surface area contributed by atoms with E-state index in [0.29, 0.717) is 13.0 Å². The molecular weight excluding hydrogens is 276 g/mol. The van der Waals surface area contributed by atoms with Crippen molar-refractivity contribution in [2.45, 2.75) is 51.9 Å². The third kappa shape index (κ3) is 5.17. The second kappa shape index (κ2) is 8.57. The van der Waals surface area contributed by atoms with Gasteiger partial charge in [0.05, 0.1) is 6.54 Å². The highest BCUT2D eigenvalue weighted by Crippen LogP contribution is 2.13. The van der Waals surface area contributed by atoms with Gasteiger partial charge < -0.3 is 10.2 Å². The summed E-state index contributed by atoms with van der Waals surface area (Å²) in [6.07, 6.45) is 6.93. The fraction of sp³-hybridized carbons (Fsp3) is 0.556. The van der Waals surface area contributed by atoms with Crippen LogP contribution >= 0.6 is 0 Å². The second-order valence-corrected chi connectivity index (χ2v) is 5.97. The molecule has 120 valence electrons. The number of hydrogen-bond donors (Lipinski definition) is 1. The van der Waals surface area contributed by atoms with Crippen molar-refractivity contribution in [1.29, 1.82) is 0 Å². The van der Waals surface area contributed by atoms with Gasteiger partial charge in [0.25, 0.3) is 0 Å². The van der Waals surface area contributed by atoms with Crippen LogP contribution in [0.25, 0.3) is 0 Å². The van der Waals surface area contributed by atoms with Gasteiger partial charge in [-0.05, 0) is 37.0 Å². The molecule has 1 N–H and O–H groups in total. The third-order valence-electron chi connectivity index (χ3n) is 4.03. The predicted molar refractivity (Wildman–Crippen MR) is 88.7 cm³/mol. The molecule has 2 rings (SSSR count). The molecule has 0 bridgehead atoms. The van der Waals surface area contributed by atoms with Gasteiger partial charge in [0.1, 0.15) is 0 Å². The summed E-state index contributed by atoms with van der Waals surface area (Å²) >= 11 is 0. The van der Waals surface area contributed by atoms with Crippen LogP contribution in [0.2, 0.25) is 0 Å². The average molecular weight is 302 g/mol. The lowest BCUT2D eigenvalue weighted by molar-refractivity contribution is -0.135. The van der Waals surface area contributed by atoms with E-state index in [9.17, 15) is 9.59 Å². The molecule has 4 nitrogen and oxygen atoms in total. The fourth-order valence-corrected chi connectivity index (χ4v) is 2.80. The van der Waals surface area contributed by atoms with Crippen molar-refractivity contribution < 1.29 is 9.59 Å². The van der Waals surface area contributed by atoms with Gasteiger partial charge >= 0.3 is 0 Å². The van der Waals surface area contributed by atoms with Crippen LogP contribution in [0.3, 0.4) is 0 Å². The number of carbonyl (C=O) groups excluding carboxylic acids is 2. The zero-order valence-corrected chi connectivity index (χ0v) is 13.4. The largest absolute Gasteiger partial charge is 0.333 e. The lowest BCUT2D eigenvalue weighted by Gasteiger charge is -2.24. The Balaban J connectivity index is 1.86. The van der Waals surface area contributed by atoms with Crippen molar-refractivity contribution in [2.24, 2.45) is 0 Å². The molecular formula is C18H26N2O2. The minimum Gasteiger partial charge on any atom is -0.333 e. The topological polar surface area (TPSA) is 49.4 Å². The number of nitrogens with zero attached hydrogens (tertiary/aromatic N) is 1. The van der Waals surface area contributed by atoms with Gasteiger partial charge in [0, 0.05) is 18.7 Å². The first-order chi connectivity index (χ1) is 10.7. The number of benzene rings is 1. The van der Waals surface area contributed by atoms with Gasteiger partial charge in [-0.1, -0.05) is 38.3 Å². The summed E-state index contributed by atoms with van der Waals surface area (Å²) < 4.78 is 0. The number of amides is 2. The van der Waals surface area contributed by atoms with E-state index in [2.05, 4.69) is 12.2 Å². The molecule has 1 aromatic rings. The molecule has 0 radical (unpaired) electrons. The normalized spacial score (nSPS) is 16.0. The van der Waals surface area contributed by atoms with E-state index >= 15 is 0 Å². The molecule has 0 aromatic heterocycles. The highest BCUT2D eigenvalue weighted by Gasteiger charge is 2.18. The monoisotopic (exact) mass is 302 g/mol. The summed E-state index contributed by atoms with van der Waals surface area (Å²) in [5.41, 5.74) is 2.07. The smallest absolute Gasteiger partial charge is 0.243 e. The minimum atomic E-state index is -0.114. The van der Waals surface area contributed by atoms with Crippen LogP contribution in [-0.4, -0.2) is 29.8 Å². The zero-order valence-electron chi connectivity index (χ0n) is 13.4. The Hall–Kier alpha value is -1.84. The molecule has 2 amide bonds. The first-order valence-corrected chi connectivity index (χ1v) is 8.35. The summed E-state index contributed by atoms with van der Waals surface area (Å²) in [6.45, 7) is 3.01. The fourth-order valence-electron chi connectivity index (χ4n) is 2.80. The average Bonchev–Trinajstić information content (AvgIpc) is 2.49. The van der Waals surface area contributed by atoms with Crippen LogP contribution in [0.1, 0.15) is 51.0 Å². The first kappa shape index (κ1) is 16.5. The van der Waals surface area contributed by atoms with Crippen LogP contribution < -0.4 is 5.32 Å². The summed E-state index contributed by atoms with van der Waals surface area (Å²) in [5.74, 6) is -0.00897. The molecule has 0 unspecified atom stereocenters. The summed E-state index contributed by atoms with van der Waals surface area (Å²) in [5, 5.41) is 2.88. The molecule has 22 heavy (non-hydrogen) atoms. The van der Waals surface area contributed by atoms with Crippen LogP contribution in [0.15, 0.2) is 24.3 Å². The number of likely N-dealkylation sites (tertiary alicyclic amines) is 1. The van der Waals surface area contributed by atoms with E-state index < -0.39 is 0 Å². The maximum atomic E-state index is 12.1. The van der Waals surface area contributed by atoms with Crippen LogP contribution in [0.5, 0.6) is 0 Å². The van der Waals surface area contributed by atoms with Gasteiger partial charge in [-0.2, -0.15) is 0 Å². The van der Waals surface area contributed by atoms with E-state index in [1.165, 1.54) is 5.56 Å². The lowest BCUT2D eigenvalue weighted by atomic mass is 10.1. The predicted octanol–water partition coefficient (Wildman–Crippen LogP) is 3.37. The van der Waals surface area contributed by atoms with Crippen LogP contribution in [0, 0.1) is 0 Å². The highest BCUT2D eigenvalue weighted by molar-refractivity contribution is 5.94.